The second-order valence-corrected chi connectivity index (χ2v) is 4.57. The largest absolute Gasteiger partial charge is 0.469 e. The minimum atomic E-state index is 0.695. The van der Waals surface area contributed by atoms with Crippen molar-refractivity contribution in [2.75, 3.05) is 6.54 Å². The Bertz CT molecular complexity index is 450. The summed E-state index contributed by atoms with van der Waals surface area (Å²) in [5.41, 5.74) is 6.53. The molecule has 86 valence electrons. The molecule has 0 radical (unpaired) electrons. The fourth-order valence-electron chi connectivity index (χ4n) is 1.52. The molecule has 2 N–H and O–H groups in total. The quantitative estimate of drug-likeness (QED) is 0.866. The number of nitrogens with zero attached hydrogens (tertiary/aromatic N) is 2. The molecule has 0 aliphatic heterocycles. The second kappa shape index (κ2) is 5.23. The van der Waals surface area contributed by atoms with E-state index < -0.39 is 0 Å². The van der Waals surface area contributed by atoms with E-state index in [9.17, 15) is 0 Å². The Kier molecular flexibility index (Phi) is 3.69. The van der Waals surface area contributed by atoms with Crippen molar-refractivity contribution in [1.82, 2.24) is 10.2 Å². The van der Waals surface area contributed by atoms with Gasteiger partial charge in [-0.2, -0.15) is 0 Å². The topological polar surface area (TPSA) is 64.9 Å². The highest BCUT2D eigenvalue weighted by Gasteiger charge is 2.12. The van der Waals surface area contributed by atoms with Gasteiger partial charge in [0.2, 0.25) is 0 Å². The molecule has 0 fully saturated rings. The van der Waals surface area contributed by atoms with Crippen molar-refractivity contribution in [3.05, 3.63) is 23.1 Å². The fraction of sp³-hybridized carbons (Fsp3) is 0.455. The van der Waals surface area contributed by atoms with Gasteiger partial charge in [-0.15, -0.1) is 10.2 Å². The van der Waals surface area contributed by atoms with Crippen molar-refractivity contribution < 1.29 is 4.42 Å². The molecule has 0 saturated carbocycles. The molecular weight excluding hydrogens is 222 g/mol. The number of nitrogens with two attached hydrogens (primary N) is 1. The first-order valence-electron chi connectivity index (χ1n) is 5.44. The third-order valence-corrected chi connectivity index (χ3v) is 3.37. The summed E-state index contributed by atoms with van der Waals surface area (Å²) in [6, 6.07) is 1.95. The van der Waals surface area contributed by atoms with Gasteiger partial charge in [0.05, 0.1) is 11.8 Å². The van der Waals surface area contributed by atoms with Crippen LogP contribution in [0, 0.1) is 0 Å². The van der Waals surface area contributed by atoms with Crippen LogP contribution in [-0.4, -0.2) is 16.7 Å². The van der Waals surface area contributed by atoms with Gasteiger partial charge in [0.25, 0.3) is 0 Å². The van der Waals surface area contributed by atoms with Gasteiger partial charge in [-0.25, -0.2) is 0 Å². The molecule has 0 aliphatic carbocycles. The SMILES string of the molecule is CCc1occc1-c1nnc(CCCN)s1. The van der Waals surface area contributed by atoms with E-state index in [0.29, 0.717) is 6.54 Å². The zero-order valence-electron chi connectivity index (χ0n) is 9.27. The van der Waals surface area contributed by atoms with Crippen molar-refractivity contribution in [3.8, 4) is 10.6 Å². The normalized spacial score (nSPS) is 10.9. The van der Waals surface area contributed by atoms with Gasteiger partial charge in [-0.05, 0) is 19.0 Å². The Labute approximate surface area is 98.5 Å². The Morgan fingerprint density at radius 3 is 3.06 bits per heavy atom. The summed E-state index contributed by atoms with van der Waals surface area (Å²) in [6.07, 6.45) is 4.45. The average molecular weight is 237 g/mol. The number of hydrogen-bond acceptors (Lipinski definition) is 5. The highest BCUT2D eigenvalue weighted by Crippen LogP contribution is 2.28. The molecule has 16 heavy (non-hydrogen) atoms. The predicted octanol–water partition coefficient (Wildman–Crippen LogP) is 2.25. The van der Waals surface area contributed by atoms with Crippen LogP contribution in [0.4, 0.5) is 0 Å². The van der Waals surface area contributed by atoms with Crippen molar-refractivity contribution in [1.29, 1.82) is 0 Å². The summed E-state index contributed by atoms with van der Waals surface area (Å²) >= 11 is 1.62. The highest BCUT2D eigenvalue weighted by molar-refractivity contribution is 7.14. The van der Waals surface area contributed by atoms with E-state index in [4.69, 9.17) is 10.2 Å². The number of furan rings is 1. The van der Waals surface area contributed by atoms with E-state index in [2.05, 4.69) is 17.1 Å². The van der Waals surface area contributed by atoms with Crippen LogP contribution < -0.4 is 5.73 Å². The Morgan fingerprint density at radius 1 is 1.44 bits per heavy atom. The first-order valence-corrected chi connectivity index (χ1v) is 6.26. The van der Waals surface area contributed by atoms with E-state index in [0.717, 1.165) is 40.6 Å². The van der Waals surface area contributed by atoms with Crippen molar-refractivity contribution >= 4 is 11.3 Å². The van der Waals surface area contributed by atoms with Crippen LogP contribution in [0.3, 0.4) is 0 Å². The molecule has 2 rings (SSSR count). The Hall–Kier alpha value is -1.20. The molecular formula is C11H15N3OS. The standard InChI is InChI=1S/C11H15N3OS/c1-2-9-8(5-7-15-9)11-14-13-10(16-11)4-3-6-12/h5,7H,2-4,6,12H2,1H3. The second-order valence-electron chi connectivity index (χ2n) is 3.50. The zero-order chi connectivity index (χ0) is 11.4. The maximum absolute atomic E-state index is 5.46. The van der Waals surface area contributed by atoms with E-state index in [1.807, 2.05) is 6.07 Å². The van der Waals surface area contributed by atoms with Crippen molar-refractivity contribution in [2.24, 2.45) is 5.73 Å². The van der Waals surface area contributed by atoms with Gasteiger partial charge < -0.3 is 10.2 Å². The number of aryl methyl sites for hydroxylation is 2. The van der Waals surface area contributed by atoms with Crippen LogP contribution in [0.5, 0.6) is 0 Å². The summed E-state index contributed by atoms with van der Waals surface area (Å²) < 4.78 is 5.38. The van der Waals surface area contributed by atoms with Crippen molar-refractivity contribution in [2.45, 2.75) is 26.2 Å². The van der Waals surface area contributed by atoms with Crippen LogP contribution in [0.15, 0.2) is 16.7 Å². The van der Waals surface area contributed by atoms with E-state index >= 15 is 0 Å². The van der Waals surface area contributed by atoms with Gasteiger partial charge in [-0.3, -0.25) is 0 Å². The van der Waals surface area contributed by atoms with Crippen LogP contribution in [0.25, 0.3) is 10.6 Å². The minimum absolute atomic E-state index is 0.695. The smallest absolute Gasteiger partial charge is 0.151 e. The monoisotopic (exact) mass is 237 g/mol. The summed E-state index contributed by atoms with van der Waals surface area (Å²) in [7, 11) is 0. The highest BCUT2D eigenvalue weighted by atomic mass is 32.1. The van der Waals surface area contributed by atoms with Gasteiger partial charge in [0.1, 0.15) is 10.8 Å². The summed E-state index contributed by atoms with van der Waals surface area (Å²) in [5.74, 6) is 0.974. The molecule has 0 unspecified atom stereocenters. The van der Waals surface area contributed by atoms with Crippen LogP contribution in [0.1, 0.15) is 24.1 Å². The van der Waals surface area contributed by atoms with Gasteiger partial charge in [0, 0.05) is 12.8 Å². The minimum Gasteiger partial charge on any atom is -0.469 e. The van der Waals surface area contributed by atoms with Crippen LogP contribution >= 0.6 is 11.3 Å². The number of aromatic nitrogens is 2. The molecule has 2 aromatic heterocycles. The molecule has 0 amide bonds. The Balaban J connectivity index is 2.18. The summed E-state index contributed by atoms with van der Waals surface area (Å²) in [5, 5.41) is 10.3. The van der Waals surface area contributed by atoms with Crippen LogP contribution in [0.2, 0.25) is 0 Å². The lowest BCUT2D eigenvalue weighted by atomic mass is 10.2. The molecule has 0 atom stereocenters. The first kappa shape index (κ1) is 11.3. The average Bonchev–Trinajstić information content (AvgIpc) is 2.94. The summed E-state index contributed by atoms with van der Waals surface area (Å²) in [4.78, 5) is 0. The molecule has 0 bridgehead atoms. The molecule has 2 heterocycles. The fourth-order valence-corrected chi connectivity index (χ4v) is 2.45. The first-order chi connectivity index (χ1) is 7.85. The molecule has 0 aromatic carbocycles. The molecule has 0 aliphatic rings. The lowest BCUT2D eigenvalue weighted by molar-refractivity contribution is 0.517. The third-order valence-electron chi connectivity index (χ3n) is 2.36. The number of rotatable bonds is 5. The maximum Gasteiger partial charge on any atom is 0.151 e. The molecule has 2 aromatic rings. The summed E-state index contributed by atoms with van der Waals surface area (Å²) in [6.45, 7) is 2.76. The maximum atomic E-state index is 5.46. The van der Waals surface area contributed by atoms with Gasteiger partial charge in [0.15, 0.2) is 5.01 Å². The number of hydrogen-bond donors (Lipinski definition) is 1. The van der Waals surface area contributed by atoms with E-state index in [1.54, 1.807) is 17.6 Å². The van der Waals surface area contributed by atoms with Gasteiger partial charge >= 0.3 is 0 Å². The van der Waals surface area contributed by atoms with Crippen molar-refractivity contribution in [3.63, 3.8) is 0 Å². The van der Waals surface area contributed by atoms with Crippen LogP contribution in [-0.2, 0) is 12.8 Å². The molecule has 0 spiro atoms. The molecule has 0 saturated heterocycles. The lowest BCUT2D eigenvalue weighted by Gasteiger charge is -1.93. The Morgan fingerprint density at radius 2 is 2.31 bits per heavy atom. The molecule has 5 heteroatoms. The third kappa shape index (κ3) is 2.31. The van der Waals surface area contributed by atoms with Gasteiger partial charge in [-0.1, -0.05) is 18.3 Å². The lowest BCUT2D eigenvalue weighted by Crippen LogP contribution is -1.99. The molecule has 4 nitrogen and oxygen atoms in total. The zero-order valence-corrected chi connectivity index (χ0v) is 10.1. The van der Waals surface area contributed by atoms with E-state index in [1.165, 1.54) is 0 Å². The predicted molar refractivity (Wildman–Crippen MR) is 64.4 cm³/mol. The van der Waals surface area contributed by atoms with E-state index in [-0.39, 0.29) is 0 Å².